The lowest BCUT2D eigenvalue weighted by Gasteiger charge is -2.30. The van der Waals surface area contributed by atoms with Gasteiger partial charge in [-0.2, -0.15) is 4.31 Å². The number of esters is 1. The Labute approximate surface area is 258 Å². The van der Waals surface area contributed by atoms with Gasteiger partial charge in [-0.05, 0) is 73.0 Å². The summed E-state index contributed by atoms with van der Waals surface area (Å²) in [6, 6.07) is 19.3. The first-order chi connectivity index (χ1) is 20.8. The number of nitrogens with zero attached hydrogens (tertiary/aromatic N) is 2. The summed E-state index contributed by atoms with van der Waals surface area (Å²) >= 11 is 6.02. The van der Waals surface area contributed by atoms with Crippen LogP contribution in [0.1, 0.15) is 43.4 Å². The fourth-order valence-electron chi connectivity index (χ4n) is 5.96. The average molecular weight is 629 g/mol. The average Bonchev–Trinajstić information content (AvgIpc) is 3.64. The van der Waals surface area contributed by atoms with Crippen LogP contribution in [0.2, 0.25) is 5.02 Å². The topological polar surface area (TPSA) is 94.6 Å². The molecule has 2 aliphatic heterocycles. The Morgan fingerprint density at radius 3 is 2.35 bits per heavy atom. The highest BCUT2D eigenvalue weighted by atomic mass is 35.5. The molecule has 5 rings (SSSR count). The maximum Gasteiger partial charge on any atom is 0.311 e. The third-order valence-corrected chi connectivity index (χ3v) is 10.2. The third-order valence-electron chi connectivity index (χ3n) is 8.00. The summed E-state index contributed by atoms with van der Waals surface area (Å²) in [5.74, 6) is 0.946. The van der Waals surface area contributed by atoms with E-state index in [2.05, 4.69) is 4.90 Å². The van der Waals surface area contributed by atoms with E-state index < -0.39 is 15.9 Å². The Kier molecular flexibility index (Phi) is 9.81. The second-order valence-corrected chi connectivity index (χ2v) is 12.9. The van der Waals surface area contributed by atoms with Crippen molar-refractivity contribution in [3.05, 3.63) is 82.9 Å². The second kappa shape index (κ2) is 13.5. The van der Waals surface area contributed by atoms with Crippen LogP contribution in [0.15, 0.2) is 71.6 Å². The van der Waals surface area contributed by atoms with Gasteiger partial charge in [-0.1, -0.05) is 36.7 Å². The summed E-state index contributed by atoms with van der Waals surface area (Å²) in [6.07, 6.45) is 0.653. The molecule has 0 aliphatic carbocycles. The predicted molar refractivity (Wildman–Crippen MR) is 163 cm³/mol. The van der Waals surface area contributed by atoms with E-state index in [1.807, 2.05) is 49.4 Å². The minimum Gasteiger partial charge on any atom is -0.497 e. The number of ether oxygens (including phenoxy) is 4. The van der Waals surface area contributed by atoms with E-state index >= 15 is 0 Å². The Morgan fingerprint density at radius 2 is 1.67 bits per heavy atom. The number of rotatable bonds is 12. The zero-order chi connectivity index (χ0) is 30.6. The van der Waals surface area contributed by atoms with E-state index in [-0.39, 0.29) is 42.8 Å². The fraction of sp³-hybridized carbons (Fsp3) is 0.406. The van der Waals surface area contributed by atoms with Gasteiger partial charge in [-0.3, -0.25) is 9.69 Å². The molecule has 0 unspecified atom stereocenters. The lowest BCUT2D eigenvalue weighted by atomic mass is 9.82. The molecule has 3 aromatic carbocycles. The summed E-state index contributed by atoms with van der Waals surface area (Å²) in [5.41, 5.74) is 1.85. The van der Waals surface area contributed by atoms with Crippen LogP contribution >= 0.6 is 11.6 Å². The Morgan fingerprint density at radius 1 is 0.977 bits per heavy atom. The van der Waals surface area contributed by atoms with Crippen molar-refractivity contribution >= 4 is 27.6 Å². The van der Waals surface area contributed by atoms with Crippen molar-refractivity contribution < 1.29 is 32.2 Å². The molecule has 9 nitrogen and oxygen atoms in total. The number of likely N-dealkylation sites (tertiary alicyclic amines) is 1. The molecule has 2 heterocycles. The maximum atomic E-state index is 13.7. The highest BCUT2D eigenvalue weighted by molar-refractivity contribution is 7.89. The van der Waals surface area contributed by atoms with Crippen molar-refractivity contribution in [2.24, 2.45) is 5.92 Å². The van der Waals surface area contributed by atoms with E-state index in [1.54, 1.807) is 26.2 Å². The normalized spacial score (nSPS) is 20.0. The third kappa shape index (κ3) is 6.62. The smallest absolute Gasteiger partial charge is 0.311 e. The molecule has 0 aromatic heterocycles. The van der Waals surface area contributed by atoms with Gasteiger partial charge in [0.05, 0.1) is 24.5 Å². The molecule has 3 aromatic rings. The van der Waals surface area contributed by atoms with Gasteiger partial charge in [0.2, 0.25) is 16.8 Å². The van der Waals surface area contributed by atoms with E-state index in [4.69, 9.17) is 30.5 Å². The van der Waals surface area contributed by atoms with E-state index in [0.29, 0.717) is 48.3 Å². The Hall–Kier alpha value is -3.31. The number of hydrogen-bond donors (Lipinski definition) is 0. The van der Waals surface area contributed by atoms with Gasteiger partial charge in [-0.25, -0.2) is 8.42 Å². The summed E-state index contributed by atoms with van der Waals surface area (Å²) in [6.45, 7) is 5.68. The van der Waals surface area contributed by atoms with Crippen LogP contribution < -0.4 is 14.2 Å². The molecule has 0 bridgehead atoms. The van der Waals surface area contributed by atoms with Crippen molar-refractivity contribution in [3.63, 3.8) is 0 Å². The number of carbonyl (C=O) groups excluding carboxylic acids is 1. The van der Waals surface area contributed by atoms with Crippen LogP contribution in [0.3, 0.4) is 0 Å². The summed E-state index contributed by atoms with van der Waals surface area (Å²) in [7, 11) is -2.16. The summed E-state index contributed by atoms with van der Waals surface area (Å²) < 4.78 is 51.0. The number of halogens is 1. The van der Waals surface area contributed by atoms with Crippen LogP contribution in [0.5, 0.6) is 17.2 Å². The van der Waals surface area contributed by atoms with E-state index in [0.717, 1.165) is 11.1 Å². The van der Waals surface area contributed by atoms with E-state index in [1.165, 1.54) is 16.4 Å². The molecular weight excluding hydrogens is 592 g/mol. The molecule has 43 heavy (non-hydrogen) atoms. The van der Waals surface area contributed by atoms with Gasteiger partial charge in [0.25, 0.3) is 0 Å². The molecule has 1 fully saturated rings. The van der Waals surface area contributed by atoms with Gasteiger partial charge in [0.1, 0.15) is 5.75 Å². The van der Waals surface area contributed by atoms with Gasteiger partial charge < -0.3 is 18.9 Å². The molecule has 0 saturated carbocycles. The first-order valence-electron chi connectivity index (χ1n) is 14.5. The van der Waals surface area contributed by atoms with Crippen molar-refractivity contribution in [1.82, 2.24) is 9.21 Å². The number of hydrogen-bond acceptors (Lipinski definition) is 8. The SMILES string of the molecule is CCCN(CCN1C[C@H](c2ccc3c(c2)OCO3)[C@@H](C(=O)OCC)[C@@H]1c1ccc(OC)cc1)S(=O)(=O)c1ccc(Cl)cc1. The molecule has 3 atom stereocenters. The molecule has 0 N–H and O–H groups in total. The summed E-state index contributed by atoms with van der Waals surface area (Å²) in [4.78, 5) is 16.1. The lowest BCUT2D eigenvalue weighted by molar-refractivity contribution is -0.149. The van der Waals surface area contributed by atoms with Crippen molar-refractivity contribution in [2.45, 2.75) is 37.1 Å². The van der Waals surface area contributed by atoms with E-state index in [9.17, 15) is 13.2 Å². The molecular formula is C32H37ClN2O7S. The standard InChI is InChI=1S/C32H37ClN2O7S/c1-4-16-35(43(37,38)26-13-9-24(33)10-14-26)18-17-34-20-27(23-8-15-28-29(19-23)42-21-41-28)30(32(36)40-5-2)31(34)22-6-11-25(39-3)12-7-22/h6-15,19,27,30-31H,4-5,16-18,20-21H2,1-3H3/t27-,30-,31+/m1/s1. The second-order valence-electron chi connectivity index (χ2n) is 10.6. The van der Waals surface area contributed by atoms with Crippen molar-refractivity contribution in [2.75, 3.05) is 46.7 Å². The van der Waals surface area contributed by atoms with Gasteiger partial charge in [0.15, 0.2) is 11.5 Å². The minimum absolute atomic E-state index is 0.153. The van der Waals surface area contributed by atoms with Crippen LogP contribution in [-0.2, 0) is 19.6 Å². The zero-order valence-corrected chi connectivity index (χ0v) is 26.1. The molecule has 2 aliphatic rings. The van der Waals surface area contributed by atoms with Crippen LogP contribution in [0, 0.1) is 5.92 Å². The quantitative estimate of drug-likeness (QED) is 0.243. The van der Waals surface area contributed by atoms with Crippen molar-refractivity contribution in [3.8, 4) is 17.2 Å². The molecule has 1 saturated heterocycles. The van der Waals surface area contributed by atoms with Crippen LogP contribution in [0.4, 0.5) is 0 Å². The van der Waals surface area contributed by atoms with Crippen LogP contribution in [-0.4, -0.2) is 70.3 Å². The van der Waals surface area contributed by atoms with Gasteiger partial charge >= 0.3 is 5.97 Å². The minimum atomic E-state index is -3.76. The first-order valence-corrected chi connectivity index (χ1v) is 16.3. The monoisotopic (exact) mass is 628 g/mol. The molecule has 0 amide bonds. The number of methoxy groups -OCH3 is 1. The predicted octanol–water partition coefficient (Wildman–Crippen LogP) is 5.50. The molecule has 0 spiro atoms. The highest BCUT2D eigenvalue weighted by Crippen LogP contribution is 2.48. The Bertz CT molecular complexity index is 1520. The summed E-state index contributed by atoms with van der Waals surface area (Å²) in [5, 5.41) is 0.472. The number of benzene rings is 3. The number of fused-ring (bicyclic) bond motifs is 1. The highest BCUT2D eigenvalue weighted by Gasteiger charge is 2.48. The number of sulfonamides is 1. The lowest BCUT2D eigenvalue weighted by Crippen LogP contribution is -2.40. The van der Waals surface area contributed by atoms with Crippen molar-refractivity contribution in [1.29, 1.82) is 0 Å². The largest absolute Gasteiger partial charge is 0.497 e. The van der Waals surface area contributed by atoms with Crippen LogP contribution in [0.25, 0.3) is 0 Å². The fourth-order valence-corrected chi connectivity index (χ4v) is 7.61. The molecule has 230 valence electrons. The zero-order valence-electron chi connectivity index (χ0n) is 24.6. The van der Waals surface area contributed by atoms with Gasteiger partial charge in [-0.15, -0.1) is 0 Å². The van der Waals surface area contributed by atoms with Gasteiger partial charge in [0, 0.05) is 43.2 Å². The molecule has 0 radical (unpaired) electrons. The number of carbonyl (C=O) groups is 1. The maximum absolute atomic E-state index is 13.7. The Balaban J connectivity index is 1.50. The first kappa shape index (κ1) is 31.1. The molecule has 11 heteroatoms.